The van der Waals surface area contributed by atoms with Crippen molar-refractivity contribution in [2.45, 2.75) is 94.9 Å². The van der Waals surface area contributed by atoms with Gasteiger partial charge in [0, 0.05) is 43.0 Å². The maximum absolute atomic E-state index is 14.7. The summed E-state index contributed by atoms with van der Waals surface area (Å²) in [7, 11) is 0. The number of aromatic hydroxyl groups is 1. The van der Waals surface area contributed by atoms with Crippen LogP contribution in [0.2, 0.25) is 0 Å². The van der Waals surface area contributed by atoms with Gasteiger partial charge in [0.2, 0.25) is 35.4 Å². The van der Waals surface area contributed by atoms with Crippen molar-refractivity contribution >= 4 is 52.4 Å². The molecule has 2 fully saturated rings. The fourth-order valence-electron chi connectivity index (χ4n) is 8.38. The lowest BCUT2D eigenvalue weighted by Crippen LogP contribution is -2.62. The summed E-state index contributed by atoms with van der Waals surface area (Å²) in [6, 6.07) is 24.4. The van der Waals surface area contributed by atoms with E-state index >= 15 is 0 Å². The number of hydrogen-bond acceptors (Lipinski definition) is 10. The monoisotopic (exact) mass is 942 g/mol. The van der Waals surface area contributed by atoms with Crippen molar-refractivity contribution in [3.05, 3.63) is 138 Å². The molecule has 0 bridgehead atoms. The molecule has 0 spiro atoms. The Labute approximate surface area is 399 Å². The number of nitrogens with zero attached hydrogens (tertiary/aromatic N) is 1. The summed E-state index contributed by atoms with van der Waals surface area (Å²) in [5, 5.41) is 27.4. The molecule has 69 heavy (non-hydrogen) atoms. The number of aromatic amines is 1. The number of ether oxygens (including phenoxy) is 2. The van der Waals surface area contributed by atoms with Crippen LogP contribution in [0.25, 0.3) is 10.9 Å². The topological polar surface area (TPSA) is 249 Å². The number of rotatable bonds is 14. The van der Waals surface area contributed by atoms with Gasteiger partial charge in [-0.2, -0.15) is 0 Å². The summed E-state index contributed by atoms with van der Waals surface area (Å²) in [5.74, 6) is -4.14. The van der Waals surface area contributed by atoms with Crippen molar-refractivity contribution < 1.29 is 48.1 Å². The maximum Gasteiger partial charge on any atom is 0.407 e. The van der Waals surface area contributed by atoms with Gasteiger partial charge in [0.25, 0.3) is 0 Å². The van der Waals surface area contributed by atoms with Crippen LogP contribution in [0.3, 0.4) is 0 Å². The largest absolute Gasteiger partial charge is 0.508 e. The minimum Gasteiger partial charge on any atom is -0.508 e. The van der Waals surface area contributed by atoms with E-state index in [2.05, 4.69) is 36.9 Å². The van der Waals surface area contributed by atoms with E-state index in [-0.39, 0.29) is 70.8 Å². The fourth-order valence-corrected chi connectivity index (χ4v) is 8.38. The van der Waals surface area contributed by atoms with E-state index in [9.17, 15) is 38.7 Å². The predicted octanol–water partition coefficient (Wildman–Crippen LogP) is 3.03. The molecule has 8 N–H and O–H groups in total. The van der Waals surface area contributed by atoms with Crippen LogP contribution in [0.4, 0.5) is 4.79 Å². The second-order valence-corrected chi connectivity index (χ2v) is 17.2. The number of nitrogens with one attached hydrogen (secondary N) is 7. The van der Waals surface area contributed by atoms with Crippen LogP contribution in [0.1, 0.15) is 54.9 Å². The Kier molecular flexibility index (Phi) is 17.0. The Balaban J connectivity index is 1.19. The highest BCUT2D eigenvalue weighted by Crippen LogP contribution is 2.22. The minimum absolute atomic E-state index is 0.00565. The second-order valence-electron chi connectivity index (χ2n) is 17.2. The number of phenols is 1. The third-order valence-corrected chi connectivity index (χ3v) is 12.1. The Morgan fingerprint density at radius 2 is 1.29 bits per heavy atom. The molecule has 6 atom stereocenters. The normalized spacial score (nSPS) is 21.7. The van der Waals surface area contributed by atoms with Gasteiger partial charge in [-0.15, -0.1) is 0 Å². The highest BCUT2D eigenvalue weighted by Gasteiger charge is 2.40. The third-order valence-electron chi connectivity index (χ3n) is 12.1. The van der Waals surface area contributed by atoms with Gasteiger partial charge in [0.1, 0.15) is 48.6 Å². The molecule has 2 aliphatic rings. The predicted molar refractivity (Wildman–Crippen MR) is 254 cm³/mol. The molecule has 1 aromatic heterocycles. The van der Waals surface area contributed by atoms with Gasteiger partial charge >= 0.3 is 6.09 Å². The van der Waals surface area contributed by atoms with Crippen molar-refractivity contribution in [1.29, 1.82) is 0 Å². The molecule has 0 saturated carbocycles. The molecule has 0 radical (unpaired) electrons. The molecular formula is C51H58N8O10. The molecule has 0 aliphatic carbocycles. The molecule has 2 saturated heterocycles. The van der Waals surface area contributed by atoms with Crippen molar-refractivity contribution in [3.63, 3.8) is 0 Å². The first-order chi connectivity index (χ1) is 33.4. The molecule has 7 rings (SSSR count). The summed E-state index contributed by atoms with van der Waals surface area (Å²) < 4.78 is 11.3. The van der Waals surface area contributed by atoms with E-state index < -0.39 is 77.8 Å². The summed E-state index contributed by atoms with van der Waals surface area (Å²) in [5.41, 5.74) is 3.64. The Morgan fingerprint density at radius 3 is 2.03 bits per heavy atom. The molecule has 2 aliphatic heterocycles. The van der Waals surface area contributed by atoms with Crippen LogP contribution in [-0.2, 0) is 64.3 Å². The van der Waals surface area contributed by atoms with Gasteiger partial charge in [-0.25, -0.2) is 4.79 Å². The maximum atomic E-state index is 14.7. The average molecular weight is 943 g/mol. The summed E-state index contributed by atoms with van der Waals surface area (Å²) in [6.07, 6.45) is 1.80. The fraction of sp³-hybridized carbons (Fsp3) is 0.353. The number of benzene rings is 4. The first-order valence-electron chi connectivity index (χ1n) is 23.1. The lowest BCUT2D eigenvalue weighted by molar-refractivity contribution is -0.142. The molecule has 0 unspecified atom stereocenters. The van der Waals surface area contributed by atoms with Crippen molar-refractivity contribution in [3.8, 4) is 5.75 Å². The van der Waals surface area contributed by atoms with Gasteiger partial charge in [0.05, 0.1) is 13.2 Å². The molecule has 7 amide bonds. The van der Waals surface area contributed by atoms with E-state index in [4.69, 9.17) is 9.47 Å². The number of carbonyl (C=O) groups excluding carboxylic acids is 7. The highest BCUT2D eigenvalue weighted by molar-refractivity contribution is 5.99. The number of H-pyrrole nitrogens is 1. The molecule has 362 valence electrons. The van der Waals surface area contributed by atoms with Crippen LogP contribution < -0.4 is 31.9 Å². The highest BCUT2D eigenvalue weighted by atomic mass is 16.5. The summed E-state index contributed by atoms with van der Waals surface area (Å²) in [4.78, 5) is 103. The van der Waals surface area contributed by atoms with Gasteiger partial charge < -0.3 is 56.4 Å². The zero-order valence-electron chi connectivity index (χ0n) is 38.3. The van der Waals surface area contributed by atoms with Gasteiger partial charge in [-0.3, -0.25) is 28.8 Å². The number of alkyl carbamates (subject to hydrolysis) is 1. The van der Waals surface area contributed by atoms with E-state index in [0.717, 1.165) is 22.0 Å². The minimum atomic E-state index is -1.35. The van der Waals surface area contributed by atoms with E-state index in [0.29, 0.717) is 17.5 Å². The quantitative estimate of drug-likeness (QED) is 0.0757. The SMILES string of the molecule is C[C@@H]1NC(=O)[C@H]2CCCN2C(=O)[C@H](Cc2ccc(O)cc2)NC(=O)[C@H](CCCNC(=O)OCc2ccccc2)NC(=O)[C@H](Cc2c[nH]c3ccccc23)NC(=O)[C@H](COCc2ccccc2)NC1=O. The lowest BCUT2D eigenvalue weighted by Gasteiger charge is -2.31. The van der Waals surface area contributed by atoms with Gasteiger partial charge in [-0.05, 0) is 73.1 Å². The van der Waals surface area contributed by atoms with Crippen molar-refractivity contribution in [2.24, 2.45) is 0 Å². The first kappa shape index (κ1) is 49.2. The third kappa shape index (κ3) is 13.7. The smallest absolute Gasteiger partial charge is 0.407 e. The number of carbonyl (C=O) groups is 7. The number of hydrogen-bond donors (Lipinski definition) is 8. The van der Waals surface area contributed by atoms with Crippen molar-refractivity contribution in [2.75, 3.05) is 19.7 Å². The zero-order valence-corrected chi connectivity index (χ0v) is 38.3. The average Bonchev–Trinajstić information content (AvgIpc) is 4.02. The zero-order chi connectivity index (χ0) is 48.7. The van der Waals surface area contributed by atoms with Crippen LogP contribution in [0.15, 0.2) is 115 Å². The summed E-state index contributed by atoms with van der Waals surface area (Å²) in [6.45, 7) is 1.51. The number of para-hydroxylation sites is 1. The Hall–Kier alpha value is -7.73. The molecule has 4 aromatic carbocycles. The summed E-state index contributed by atoms with van der Waals surface area (Å²) >= 11 is 0. The first-order valence-corrected chi connectivity index (χ1v) is 23.1. The van der Waals surface area contributed by atoms with Crippen LogP contribution in [-0.4, -0.2) is 112 Å². The van der Waals surface area contributed by atoms with Gasteiger partial charge in [0.15, 0.2) is 0 Å². The number of aromatic nitrogens is 1. The molecule has 18 heteroatoms. The standard InChI is InChI=1S/C51H58N8O10/c1-32-45(61)58-43(31-68-29-34-12-4-2-5-13-34)48(64)56-41(27-36-28-53-39-17-9-8-16-38(36)39)47(63)55-40(18-10-24-52-51(67)69-30-35-14-6-3-7-15-35)46(62)57-42(26-33-20-22-37(60)23-21-33)50(66)59-25-11-19-44(59)49(65)54-32/h2-9,12-17,20-23,28,32,40-44,53,60H,10-11,18-19,24-27,29-31H2,1H3,(H,52,67)(H,54,65)(H,55,63)(H,56,64)(H,57,62)(H,58,61)/t32-,40-,41-,42-,43-,44+/m0/s1. The van der Waals surface area contributed by atoms with Crippen molar-refractivity contribution in [1.82, 2.24) is 41.8 Å². The molecule has 3 heterocycles. The van der Waals surface area contributed by atoms with E-state index in [1.54, 1.807) is 18.3 Å². The number of amides is 7. The molecule has 18 nitrogen and oxygen atoms in total. The van der Waals surface area contributed by atoms with Crippen LogP contribution >= 0.6 is 0 Å². The van der Waals surface area contributed by atoms with Gasteiger partial charge in [-0.1, -0.05) is 91.0 Å². The van der Waals surface area contributed by atoms with Crippen LogP contribution in [0.5, 0.6) is 5.75 Å². The number of phenolic OH excluding ortho intramolecular Hbond substituents is 1. The molecule has 5 aromatic rings. The lowest BCUT2D eigenvalue weighted by atomic mass is 10.0. The number of fused-ring (bicyclic) bond motifs is 2. The Morgan fingerprint density at radius 1 is 0.667 bits per heavy atom. The second kappa shape index (κ2) is 23.8. The van der Waals surface area contributed by atoms with E-state index in [1.165, 1.54) is 24.0 Å². The van der Waals surface area contributed by atoms with Crippen LogP contribution in [0, 0.1) is 0 Å². The Bertz CT molecular complexity index is 2570. The molecular weight excluding hydrogens is 885 g/mol. The van der Waals surface area contributed by atoms with E-state index in [1.807, 2.05) is 84.9 Å².